The molecule has 0 fully saturated rings. The van der Waals surface area contributed by atoms with E-state index in [0.29, 0.717) is 0 Å². The molecule has 0 atom stereocenters. The summed E-state index contributed by atoms with van der Waals surface area (Å²) in [6.45, 7) is 3.84. The van der Waals surface area contributed by atoms with E-state index in [9.17, 15) is 9.59 Å². The van der Waals surface area contributed by atoms with Crippen LogP contribution in [0.2, 0.25) is 0 Å². The third kappa shape index (κ3) is 5.73. The Morgan fingerprint density at radius 1 is 0.914 bits per heavy atom. The number of likely N-dealkylation sites (N-methyl/N-ethyl adjacent to an activating group) is 1. The zero-order valence-corrected chi connectivity index (χ0v) is 20.1. The quantitative estimate of drug-likeness (QED) is 0.379. The Labute approximate surface area is 205 Å². The molecule has 176 valence electrons. The highest BCUT2D eigenvalue weighted by atomic mass is 16.2. The summed E-state index contributed by atoms with van der Waals surface area (Å²) in [6.07, 6.45) is 5.12. The van der Waals surface area contributed by atoms with Crippen LogP contribution in [0.25, 0.3) is 23.0 Å². The van der Waals surface area contributed by atoms with Crippen LogP contribution in [0.5, 0.6) is 0 Å². The maximum atomic E-state index is 12.8. The second kappa shape index (κ2) is 10.7. The molecule has 0 saturated heterocycles. The van der Waals surface area contributed by atoms with Crippen molar-refractivity contribution >= 4 is 23.6 Å². The van der Waals surface area contributed by atoms with Gasteiger partial charge in [0.15, 0.2) is 0 Å². The van der Waals surface area contributed by atoms with Crippen molar-refractivity contribution < 1.29 is 9.59 Å². The average Bonchev–Trinajstić information content (AvgIpc) is 3.30. The highest BCUT2D eigenvalue weighted by Crippen LogP contribution is 2.25. The van der Waals surface area contributed by atoms with Gasteiger partial charge in [-0.25, -0.2) is 4.68 Å². The second-order valence-electron chi connectivity index (χ2n) is 8.42. The highest BCUT2D eigenvalue weighted by molar-refractivity contribution is 5.99. The number of para-hydroxylation sites is 2. The summed E-state index contributed by atoms with van der Waals surface area (Å²) in [5.41, 5.74) is 6.21. The van der Waals surface area contributed by atoms with E-state index in [1.807, 2.05) is 98.9 Å². The molecule has 0 aliphatic heterocycles. The van der Waals surface area contributed by atoms with Crippen LogP contribution >= 0.6 is 0 Å². The molecule has 0 spiro atoms. The molecule has 2 amide bonds. The summed E-state index contributed by atoms with van der Waals surface area (Å²) in [4.78, 5) is 26.7. The van der Waals surface area contributed by atoms with Gasteiger partial charge in [0.25, 0.3) is 0 Å². The SMILES string of the molecule is Cc1cccc(C)c1NC(=O)CN(C)C(=O)C=Cc1cn(-c2ccccc2)nc1-c1ccccc1. The zero-order chi connectivity index (χ0) is 24.8. The van der Waals surface area contributed by atoms with Crippen LogP contribution in [0.1, 0.15) is 16.7 Å². The summed E-state index contributed by atoms with van der Waals surface area (Å²) in [5.74, 6) is -0.512. The van der Waals surface area contributed by atoms with Crippen molar-refractivity contribution in [2.24, 2.45) is 0 Å². The van der Waals surface area contributed by atoms with Crippen molar-refractivity contribution in [3.63, 3.8) is 0 Å². The predicted octanol–water partition coefficient (Wildman–Crippen LogP) is 5.27. The third-order valence-electron chi connectivity index (χ3n) is 5.72. The van der Waals surface area contributed by atoms with E-state index in [0.717, 1.165) is 39.3 Å². The molecule has 0 bridgehead atoms. The molecule has 4 aromatic rings. The fourth-order valence-electron chi connectivity index (χ4n) is 3.81. The number of hydrogen-bond donors (Lipinski definition) is 1. The van der Waals surface area contributed by atoms with E-state index in [1.54, 1.807) is 17.8 Å². The first kappa shape index (κ1) is 23.7. The number of aromatic nitrogens is 2. The molecule has 0 aliphatic rings. The fraction of sp³-hybridized carbons (Fsp3) is 0.138. The van der Waals surface area contributed by atoms with E-state index in [2.05, 4.69) is 5.32 Å². The molecule has 1 N–H and O–H groups in total. The Kier molecular flexibility index (Phi) is 7.21. The summed E-state index contributed by atoms with van der Waals surface area (Å²) in [7, 11) is 1.61. The van der Waals surface area contributed by atoms with E-state index >= 15 is 0 Å². The van der Waals surface area contributed by atoms with E-state index in [-0.39, 0.29) is 18.4 Å². The first-order chi connectivity index (χ1) is 16.9. The number of nitrogens with one attached hydrogen (secondary N) is 1. The predicted molar refractivity (Wildman–Crippen MR) is 140 cm³/mol. The summed E-state index contributed by atoms with van der Waals surface area (Å²) < 4.78 is 1.80. The Bertz CT molecular complexity index is 1340. The minimum Gasteiger partial charge on any atom is -0.333 e. The Hall–Kier alpha value is -4.45. The largest absolute Gasteiger partial charge is 0.333 e. The lowest BCUT2D eigenvalue weighted by atomic mass is 10.1. The van der Waals surface area contributed by atoms with Crippen LogP contribution in [-0.2, 0) is 9.59 Å². The van der Waals surface area contributed by atoms with Gasteiger partial charge in [-0.1, -0.05) is 66.7 Å². The number of aryl methyl sites for hydroxylation is 2. The van der Waals surface area contributed by atoms with Gasteiger partial charge in [0, 0.05) is 36.1 Å². The smallest absolute Gasteiger partial charge is 0.246 e. The van der Waals surface area contributed by atoms with Crippen LogP contribution in [0.4, 0.5) is 5.69 Å². The lowest BCUT2D eigenvalue weighted by Crippen LogP contribution is -2.34. The molecule has 0 unspecified atom stereocenters. The first-order valence-electron chi connectivity index (χ1n) is 11.4. The van der Waals surface area contributed by atoms with Gasteiger partial charge in [-0.15, -0.1) is 0 Å². The molecule has 3 aromatic carbocycles. The van der Waals surface area contributed by atoms with Crippen LogP contribution in [-0.4, -0.2) is 40.1 Å². The average molecular weight is 465 g/mol. The molecule has 1 heterocycles. The maximum Gasteiger partial charge on any atom is 0.246 e. The zero-order valence-electron chi connectivity index (χ0n) is 20.1. The van der Waals surface area contributed by atoms with Crippen molar-refractivity contribution in [1.29, 1.82) is 0 Å². The number of rotatable bonds is 7. The normalized spacial score (nSPS) is 10.9. The molecule has 4 rings (SSSR count). The number of hydrogen-bond acceptors (Lipinski definition) is 3. The third-order valence-corrected chi connectivity index (χ3v) is 5.72. The standard InChI is InChI=1S/C29H28N4O2/c1-21-11-10-12-22(2)28(21)30-26(34)20-32(3)27(35)18-17-24-19-33(25-15-8-5-9-16-25)31-29(24)23-13-6-4-7-14-23/h4-19H,20H2,1-3H3,(H,30,34). The molecule has 0 saturated carbocycles. The van der Waals surface area contributed by atoms with Crippen LogP contribution < -0.4 is 5.32 Å². The Morgan fingerprint density at radius 2 is 1.54 bits per heavy atom. The monoisotopic (exact) mass is 464 g/mol. The lowest BCUT2D eigenvalue weighted by Gasteiger charge is -2.16. The topological polar surface area (TPSA) is 67.2 Å². The van der Waals surface area contributed by atoms with Gasteiger partial charge < -0.3 is 10.2 Å². The van der Waals surface area contributed by atoms with Crippen molar-refractivity contribution in [3.05, 3.63) is 108 Å². The van der Waals surface area contributed by atoms with Crippen molar-refractivity contribution in [3.8, 4) is 16.9 Å². The molecule has 35 heavy (non-hydrogen) atoms. The number of carbonyl (C=O) groups excluding carboxylic acids is 2. The molecular weight excluding hydrogens is 436 g/mol. The van der Waals surface area contributed by atoms with Gasteiger partial charge >= 0.3 is 0 Å². The molecular formula is C29H28N4O2. The first-order valence-corrected chi connectivity index (χ1v) is 11.4. The summed E-state index contributed by atoms with van der Waals surface area (Å²) in [5, 5.41) is 7.68. The molecule has 1 aromatic heterocycles. The minimum absolute atomic E-state index is 0.0498. The van der Waals surface area contributed by atoms with Gasteiger partial charge in [0.2, 0.25) is 11.8 Å². The highest BCUT2D eigenvalue weighted by Gasteiger charge is 2.14. The van der Waals surface area contributed by atoms with Gasteiger partial charge in [-0.3, -0.25) is 9.59 Å². The van der Waals surface area contributed by atoms with Gasteiger partial charge in [0.1, 0.15) is 0 Å². The Balaban J connectivity index is 1.51. The van der Waals surface area contributed by atoms with Gasteiger partial charge in [-0.2, -0.15) is 5.10 Å². The fourth-order valence-corrected chi connectivity index (χ4v) is 3.81. The lowest BCUT2D eigenvalue weighted by molar-refractivity contribution is -0.129. The van der Waals surface area contributed by atoms with Crippen molar-refractivity contribution in [2.45, 2.75) is 13.8 Å². The number of anilines is 1. The number of amides is 2. The van der Waals surface area contributed by atoms with Crippen molar-refractivity contribution in [2.75, 3.05) is 18.9 Å². The van der Waals surface area contributed by atoms with Crippen LogP contribution in [0.3, 0.4) is 0 Å². The minimum atomic E-state index is -0.270. The molecule has 0 radical (unpaired) electrons. The molecule has 0 aliphatic carbocycles. The van der Waals surface area contributed by atoms with Gasteiger partial charge in [0.05, 0.1) is 17.9 Å². The summed E-state index contributed by atoms with van der Waals surface area (Å²) >= 11 is 0. The van der Waals surface area contributed by atoms with E-state index in [4.69, 9.17) is 5.10 Å². The van der Waals surface area contributed by atoms with Crippen LogP contribution in [0, 0.1) is 13.8 Å². The number of nitrogens with zero attached hydrogens (tertiary/aromatic N) is 3. The number of carbonyl (C=O) groups is 2. The second-order valence-corrected chi connectivity index (χ2v) is 8.42. The Morgan fingerprint density at radius 3 is 2.20 bits per heavy atom. The van der Waals surface area contributed by atoms with Crippen molar-refractivity contribution in [1.82, 2.24) is 14.7 Å². The molecule has 6 heteroatoms. The van der Waals surface area contributed by atoms with E-state index in [1.165, 1.54) is 11.0 Å². The van der Waals surface area contributed by atoms with Crippen LogP contribution in [0.15, 0.2) is 91.1 Å². The number of benzene rings is 3. The summed E-state index contributed by atoms with van der Waals surface area (Å²) in [6, 6.07) is 25.5. The molecule has 6 nitrogen and oxygen atoms in total. The van der Waals surface area contributed by atoms with E-state index < -0.39 is 0 Å². The maximum absolute atomic E-state index is 12.8. The van der Waals surface area contributed by atoms with Gasteiger partial charge in [-0.05, 0) is 43.2 Å².